The van der Waals surface area contributed by atoms with Gasteiger partial charge in [-0.1, -0.05) is 18.5 Å². The maximum Gasteiger partial charge on any atom is 0.220 e. The van der Waals surface area contributed by atoms with Crippen LogP contribution in [0.3, 0.4) is 0 Å². The van der Waals surface area contributed by atoms with Crippen LogP contribution in [0.5, 0.6) is 0 Å². The summed E-state index contributed by atoms with van der Waals surface area (Å²) in [4.78, 5) is 9.40. The van der Waals surface area contributed by atoms with E-state index in [9.17, 15) is 0 Å². The van der Waals surface area contributed by atoms with Crippen LogP contribution in [0.2, 0.25) is 5.02 Å². The van der Waals surface area contributed by atoms with Crippen molar-refractivity contribution in [3.8, 4) is 10.6 Å². The van der Waals surface area contributed by atoms with Crippen LogP contribution < -0.4 is 5.73 Å². The van der Waals surface area contributed by atoms with Gasteiger partial charge in [-0.15, -0.1) is 11.3 Å². The minimum atomic E-state index is 0.301. The summed E-state index contributed by atoms with van der Waals surface area (Å²) in [5.41, 5.74) is 7.81. The molecule has 3 nitrogen and oxygen atoms in total. The van der Waals surface area contributed by atoms with Crippen molar-refractivity contribution in [2.75, 3.05) is 5.73 Å². The lowest BCUT2D eigenvalue weighted by molar-refractivity contribution is 1.15. The first kappa shape index (κ1) is 12.4. The lowest BCUT2D eigenvalue weighted by Gasteiger charge is -2.02. The van der Waals surface area contributed by atoms with Crippen LogP contribution in [-0.4, -0.2) is 9.97 Å². The highest BCUT2D eigenvalue weighted by Crippen LogP contribution is 2.39. The maximum atomic E-state index is 6.09. The van der Waals surface area contributed by atoms with Crippen LogP contribution in [0.15, 0.2) is 30.5 Å². The summed E-state index contributed by atoms with van der Waals surface area (Å²) in [5, 5.41) is 1.96. The van der Waals surface area contributed by atoms with E-state index >= 15 is 0 Å². The lowest BCUT2D eigenvalue weighted by atomic mass is 10.1. The average molecular weight is 290 g/mol. The minimum Gasteiger partial charge on any atom is -0.368 e. The summed E-state index contributed by atoms with van der Waals surface area (Å²) in [6.45, 7) is 2.14. The molecule has 96 valence electrons. The summed E-state index contributed by atoms with van der Waals surface area (Å²) in [7, 11) is 0. The van der Waals surface area contributed by atoms with E-state index in [4.69, 9.17) is 17.3 Å². The number of hydrogen-bond acceptors (Lipinski definition) is 4. The zero-order chi connectivity index (χ0) is 13.4. The van der Waals surface area contributed by atoms with Crippen LogP contribution in [-0.2, 0) is 6.42 Å². The number of aryl methyl sites for hydroxylation is 1. The van der Waals surface area contributed by atoms with Gasteiger partial charge < -0.3 is 5.73 Å². The Morgan fingerprint density at radius 3 is 2.89 bits per heavy atom. The van der Waals surface area contributed by atoms with Gasteiger partial charge in [-0.3, -0.25) is 0 Å². The molecule has 1 aromatic carbocycles. The molecule has 0 aliphatic heterocycles. The number of anilines is 1. The Labute approximate surface area is 120 Å². The fourth-order valence-electron chi connectivity index (χ4n) is 2.18. The predicted molar refractivity (Wildman–Crippen MR) is 81.7 cm³/mol. The fraction of sp³-hybridized carbons (Fsp3) is 0.143. The van der Waals surface area contributed by atoms with E-state index in [1.807, 2.05) is 18.2 Å². The van der Waals surface area contributed by atoms with Crippen LogP contribution in [0.1, 0.15) is 12.5 Å². The van der Waals surface area contributed by atoms with Crippen molar-refractivity contribution in [2.24, 2.45) is 0 Å². The first-order valence-corrected chi connectivity index (χ1v) is 7.18. The van der Waals surface area contributed by atoms with Gasteiger partial charge in [0.2, 0.25) is 5.95 Å². The summed E-state index contributed by atoms with van der Waals surface area (Å²) in [5.74, 6) is 0.301. The van der Waals surface area contributed by atoms with Crippen molar-refractivity contribution in [2.45, 2.75) is 13.3 Å². The molecule has 0 bridgehead atoms. The van der Waals surface area contributed by atoms with Crippen molar-refractivity contribution >= 4 is 39.0 Å². The Balaban J connectivity index is 2.29. The van der Waals surface area contributed by atoms with Crippen LogP contribution >= 0.6 is 22.9 Å². The number of benzene rings is 1. The molecule has 0 aliphatic carbocycles. The molecule has 5 heteroatoms. The number of nitrogen functional groups attached to an aromatic ring is 1. The smallest absolute Gasteiger partial charge is 0.220 e. The van der Waals surface area contributed by atoms with Gasteiger partial charge in [0.1, 0.15) is 0 Å². The Morgan fingerprint density at radius 2 is 2.16 bits per heavy atom. The highest BCUT2D eigenvalue weighted by Gasteiger charge is 2.14. The number of aromatic nitrogens is 2. The molecule has 0 unspecified atom stereocenters. The Morgan fingerprint density at radius 1 is 1.32 bits per heavy atom. The first-order valence-electron chi connectivity index (χ1n) is 5.99. The molecule has 0 atom stereocenters. The second-order valence-electron chi connectivity index (χ2n) is 4.20. The van der Waals surface area contributed by atoms with E-state index in [1.165, 1.54) is 15.6 Å². The van der Waals surface area contributed by atoms with Crippen molar-refractivity contribution in [3.05, 3.63) is 41.0 Å². The highest BCUT2D eigenvalue weighted by atomic mass is 35.5. The summed E-state index contributed by atoms with van der Waals surface area (Å²) in [6.07, 6.45) is 2.62. The van der Waals surface area contributed by atoms with Crippen molar-refractivity contribution in [3.63, 3.8) is 0 Å². The zero-order valence-corrected chi connectivity index (χ0v) is 11.9. The van der Waals surface area contributed by atoms with Gasteiger partial charge in [-0.2, -0.15) is 0 Å². The van der Waals surface area contributed by atoms with Crippen LogP contribution in [0.4, 0.5) is 5.95 Å². The molecule has 0 saturated carbocycles. The van der Waals surface area contributed by atoms with E-state index in [1.54, 1.807) is 17.5 Å². The number of hydrogen-bond donors (Lipinski definition) is 1. The first-order chi connectivity index (χ1) is 9.19. The van der Waals surface area contributed by atoms with E-state index in [2.05, 4.69) is 23.0 Å². The SMILES string of the molecule is CCc1c(-c2ccnc(N)n2)sc2ccc(Cl)cc12. The number of rotatable bonds is 2. The molecule has 0 radical (unpaired) electrons. The Kier molecular flexibility index (Phi) is 3.12. The Bertz CT molecular complexity index is 752. The predicted octanol–water partition coefficient (Wildman–Crippen LogP) is 4.16. The second kappa shape index (κ2) is 4.79. The molecule has 0 aliphatic rings. The molecule has 3 rings (SSSR count). The number of thiophene rings is 1. The second-order valence-corrected chi connectivity index (χ2v) is 5.69. The molecule has 2 heterocycles. The van der Waals surface area contributed by atoms with E-state index in [0.717, 1.165) is 22.0 Å². The average Bonchev–Trinajstić information content (AvgIpc) is 2.76. The summed E-state index contributed by atoms with van der Waals surface area (Å²) < 4.78 is 1.22. The number of halogens is 1. The summed E-state index contributed by atoms with van der Waals surface area (Å²) in [6, 6.07) is 7.87. The fourth-order valence-corrected chi connectivity index (χ4v) is 3.59. The van der Waals surface area contributed by atoms with Gasteiger partial charge >= 0.3 is 0 Å². The molecular weight excluding hydrogens is 278 g/mol. The lowest BCUT2D eigenvalue weighted by Crippen LogP contribution is -1.95. The van der Waals surface area contributed by atoms with Gasteiger partial charge in [0, 0.05) is 15.9 Å². The van der Waals surface area contributed by atoms with Gasteiger partial charge in [0.25, 0.3) is 0 Å². The van der Waals surface area contributed by atoms with E-state index < -0.39 is 0 Å². The van der Waals surface area contributed by atoms with E-state index in [-0.39, 0.29) is 0 Å². The standard InChI is InChI=1S/C14H12ClN3S/c1-2-9-10-7-8(15)3-4-12(10)19-13(9)11-5-6-17-14(16)18-11/h3-7H,2H2,1H3,(H2,16,17,18). The highest BCUT2D eigenvalue weighted by molar-refractivity contribution is 7.22. The van der Waals surface area contributed by atoms with Crippen LogP contribution in [0.25, 0.3) is 20.7 Å². The van der Waals surface area contributed by atoms with Gasteiger partial charge in [-0.05, 0) is 41.6 Å². The maximum absolute atomic E-state index is 6.09. The zero-order valence-electron chi connectivity index (χ0n) is 10.4. The number of nitrogens with zero attached hydrogens (tertiary/aromatic N) is 2. The van der Waals surface area contributed by atoms with Crippen molar-refractivity contribution in [1.29, 1.82) is 0 Å². The molecular formula is C14H12ClN3S. The van der Waals surface area contributed by atoms with Crippen LogP contribution in [0, 0.1) is 0 Å². The molecule has 0 spiro atoms. The molecule has 0 saturated heterocycles. The van der Waals surface area contributed by atoms with Gasteiger partial charge in [0.05, 0.1) is 10.6 Å². The molecule has 0 amide bonds. The molecule has 0 fully saturated rings. The van der Waals surface area contributed by atoms with Crippen molar-refractivity contribution < 1.29 is 0 Å². The third-order valence-electron chi connectivity index (χ3n) is 3.01. The minimum absolute atomic E-state index is 0.301. The summed E-state index contributed by atoms with van der Waals surface area (Å²) >= 11 is 7.80. The van der Waals surface area contributed by atoms with Gasteiger partial charge in [-0.25, -0.2) is 9.97 Å². The Hall–Kier alpha value is -1.65. The van der Waals surface area contributed by atoms with Crippen molar-refractivity contribution in [1.82, 2.24) is 9.97 Å². The molecule has 3 aromatic rings. The topological polar surface area (TPSA) is 51.8 Å². The normalized spacial score (nSPS) is 11.1. The number of nitrogens with two attached hydrogens (primary N) is 1. The van der Waals surface area contributed by atoms with E-state index in [0.29, 0.717) is 5.95 Å². The third-order valence-corrected chi connectivity index (χ3v) is 4.48. The monoisotopic (exact) mass is 289 g/mol. The molecule has 19 heavy (non-hydrogen) atoms. The quantitative estimate of drug-likeness (QED) is 0.771. The third kappa shape index (κ3) is 2.17. The molecule has 2 N–H and O–H groups in total. The number of fused-ring (bicyclic) bond motifs is 1. The largest absolute Gasteiger partial charge is 0.368 e. The van der Waals surface area contributed by atoms with Gasteiger partial charge in [0.15, 0.2) is 0 Å². The molecule has 2 aromatic heterocycles.